The van der Waals surface area contributed by atoms with Crippen LogP contribution in [0, 0.1) is 5.92 Å². The molecule has 1 atom stereocenters. The molecule has 2 rings (SSSR count). The van der Waals surface area contributed by atoms with Gasteiger partial charge in [-0.05, 0) is 24.3 Å². The van der Waals surface area contributed by atoms with E-state index >= 15 is 0 Å². The molecule has 1 nitrogen and oxygen atoms in total. The highest BCUT2D eigenvalue weighted by atomic mass is 16.1. The molecule has 0 spiro atoms. The summed E-state index contributed by atoms with van der Waals surface area (Å²) >= 11 is 0. The minimum Gasteiger partial charge on any atom is -0.294 e. The molecule has 0 saturated carbocycles. The van der Waals surface area contributed by atoms with Gasteiger partial charge in [0.1, 0.15) is 0 Å². The lowest BCUT2D eigenvalue weighted by Gasteiger charge is -2.16. The molecular formula is C22H28O. The van der Waals surface area contributed by atoms with Gasteiger partial charge in [0.25, 0.3) is 0 Å². The predicted molar refractivity (Wildman–Crippen MR) is 97.8 cm³/mol. The standard InChI is InChI=1S/C22H28O/c1-2-3-4-7-14-20(17-19-12-8-5-9-13-19)18-22(23)21-15-10-6-11-16-21/h5-6,8-13,15-16,20H,2-4,7,14,17-18H2,1H3/t20-/m0/s1. The van der Waals surface area contributed by atoms with Crippen molar-refractivity contribution >= 4 is 5.78 Å². The van der Waals surface area contributed by atoms with Crippen LogP contribution in [0.3, 0.4) is 0 Å². The maximum atomic E-state index is 12.5. The number of benzene rings is 2. The molecule has 0 aliphatic heterocycles. The van der Waals surface area contributed by atoms with Crippen LogP contribution in [-0.2, 0) is 6.42 Å². The number of rotatable bonds is 10. The van der Waals surface area contributed by atoms with Crippen molar-refractivity contribution in [2.24, 2.45) is 5.92 Å². The lowest BCUT2D eigenvalue weighted by Crippen LogP contribution is -2.12. The van der Waals surface area contributed by atoms with Gasteiger partial charge in [0.2, 0.25) is 0 Å². The van der Waals surface area contributed by atoms with Crippen molar-refractivity contribution in [3.63, 3.8) is 0 Å². The molecule has 23 heavy (non-hydrogen) atoms. The zero-order chi connectivity index (χ0) is 16.3. The molecule has 1 heteroatoms. The fourth-order valence-electron chi connectivity index (χ4n) is 3.09. The first kappa shape index (κ1) is 17.5. The third-order valence-electron chi connectivity index (χ3n) is 4.40. The van der Waals surface area contributed by atoms with E-state index in [1.54, 1.807) is 0 Å². The van der Waals surface area contributed by atoms with Gasteiger partial charge < -0.3 is 0 Å². The number of unbranched alkanes of at least 4 members (excludes halogenated alkanes) is 3. The van der Waals surface area contributed by atoms with Crippen molar-refractivity contribution in [1.29, 1.82) is 0 Å². The summed E-state index contributed by atoms with van der Waals surface area (Å²) in [5.41, 5.74) is 2.19. The summed E-state index contributed by atoms with van der Waals surface area (Å²) in [7, 11) is 0. The highest BCUT2D eigenvalue weighted by Crippen LogP contribution is 2.22. The van der Waals surface area contributed by atoms with E-state index in [0.29, 0.717) is 12.3 Å². The van der Waals surface area contributed by atoms with Crippen LogP contribution in [0.2, 0.25) is 0 Å². The Balaban J connectivity index is 1.96. The zero-order valence-corrected chi connectivity index (χ0v) is 14.2. The van der Waals surface area contributed by atoms with E-state index in [-0.39, 0.29) is 5.78 Å². The van der Waals surface area contributed by atoms with Crippen molar-refractivity contribution in [2.45, 2.75) is 51.9 Å². The van der Waals surface area contributed by atoms with E-state index in [9.17, 15) is 4.79 Å². The summed E-state index contributed by atoms with van der Waals surface area (Å²) in [6, 6.07) is 20.3. The number of ketones is 1. The average Bonchev–Trinajstić information content (AvgIpc) is 2.60. The minimum absolute atomic E-state index is 0.280. The van der Waals surface area contributed by atoms with Crippen molar-refractivity contribution in [1.82, 2.24) is 0 Å². The van der Waals surface area contributed by atoms with Gasteiger partial charge in [0, 0.05) is 12.0 Å². The van der Waals surface area contributed by atoms with Gasteiger partial charge in [-0.15, -0.1) is 0 Å². The summed E-state index contributed by atoms with van der Waals surface area (Å²) < 4.78 is 0. The molecule has 122 valence electrons. The zero-order valence-electron chi connectivity index (χ0n) is 14.2. The normalized spacial score (nSPS) is 12.0. The van der Waals surface area contributed by atoms with E-state index in [4.69, 9.17) is 0 Å². The predicted octanol–water partition coefficient (Wildman–Crippen LogP) is 6.09. The first-order valence-electron chi connectivity index (χ1n) is 8.91. The maximum absolute atomic E-state index is 12.5. The Morgan fingerprint density at radius 1 is 0.870 bits per heavy atom. The van der Waals surface area contributed by atoms with Crippen LogP contribution in [0.25, 0.3) is 0 Å². The van der Waals surface area contributed by atoms with E-state index in [0.717, 1.165) is 18.4 Å². The second-order valence-electron chi connectivity index (χ2n) is 6.40. The van der Waals surface area contributed by atoms with E-state index < -0.39 is 0 Å². The molecule has 0 unspecified atom stereocenters. The summed E-state index contributed by atoms with van der Waals surface area (Å²) in [5.74, 6) is 0.726. The molecule has 0 aliphatic carbocycles. The Kier molecular flexibility index (Phi) is 7.59. The van der Waals surface area contributed by atoms with E-state index in [2.05, 4.69) is 37.3 Å². The molecule has 0 heterocycles. The smallest absolute Gasteiger partial charge is 0.163 e. The molecule has 0 amide bonds. The second-order valence-corrected chi connectivity index (χ2v) is 6.40. The highest BCUT2D eigenvalue weighted by molar-refractivity contribution is 5.96. The first-order valence-corrected chi connectivity index (χ1v) is 8.91. The van der Waals surface area contributed by atoms with Gasteiger partial charge >= 0.3 is 0 Å². The number of carbonyl (C=O) groups excluding carboxylic acids is 1. The molecule has 2 aromatic rings. The van der Waals surface area contributed by atoms with Crippen LogP contribution in [0.1, 0.15) is 61.4 Å². The average molecular weight is 308 g/mol. The Morgan fingerprint density at radius 3 is 2.17 bits per heavy atom. The van der Waals surface area contributed by atoms with E-state index in [1.807, 2.05) is 30.3 Å². The summed E-state index contributed by atoms with van der Waals surface area (Å²) in [6.45, 7) is 2.24. The summed E-state index contributed by atoms with van der Waals surface area (Å²) in [6.07, 6.45) is 7.87. The highest BCUT2D eigenvalue weighted by Gasteiger charge is 2.15. The van der Waals surface area contributed by atoms with Crippen LogP contribution in [-0.4, -0.2) is 5.78 Å². The number of Topliss-reactive ketones (excluding diaryl/α,β-unsaturated/α-hetero) is 1. The van der Waals surface area contributed by atoms with Crippen LogP contribution in [0.5, 0.6) is 0 Å². The van der Waals surface area contributed by atoms with E-state index in [1.165, 1.54) is 31.2 Å². The van der Waals surface area contributed by atoms with Gasteiger partial charge in [0.05, 0.1) is 0 Å². The summed E-state index contributed by atoms with van der Waals surface area (Å²) in [4.78, 5) is 12.5. The summed E-state index contributed by atoms with van der Waals surface area (Å²) in [5, 5.41) is 0. The molecule has 0 N–H and O–H groups in total. The molecule has 0 saturated heterocycles. The molecule has 0 bridgehead atoms. The fraction of sp³-hybridized carbons (Fsp3) is 0.409. The molecule has 0 aromatic heterocycles. The number of hydrogen-bond donors (Lipinski definition) is 0. The monoisotopic (exact) mass is 308 g/mol. The van der Waals surface area contributed by atoms with Gasteiger partial charge in [-0.3, -0.25) is 4.79 Å². The Labute approximate surface area is 140 Å². The topological polar surface area (TPSA) is 17.1 Å². The van der Waals surface area contributed by atoms with Crippen molar-refractivity contribution in [2.75, 3.05) is 0 Å². The Bertz CT molecular complexity index is 559. The van der Waals surface area contributed by atoms with Crippen LogP contribution in [0.4, 0.5) is 0 Å². The van der Waals surface area contributed by atoms with Crippen LogP contribution >= 0.6 is 0 Å². The van der Waals surface area contributed by atoms with Gasteiger partial charge in [-0.1, -0.05) is 93.3 Å². The lowest BCUT2D eigenvalue weighted by molar-refractivity contribution is 0.0958. The van der Waals surface area contributed by atoms with Gasteiger partial charge in [-0.25, -0.2) is 0 Å². The molecule has 0 fully saturated rings. The van der Waals surface area contributed by atoms with Crippen LogP contribution in [0.15, 0.2) is 60.7 Å². The fourth-order valence-corrected chi connectivity index (χ4v) is 3.09. The number of carbonyl (C=O) groups is 1. The Morgan fingerprint density at radius 2 is 1.52 bits per heavy atom. The maximum Gasteiger partial charge on any atom is 0.163 e. The SMILES string of the molecule is CCCCCC[C@H](CC(=O)c1ccccc1)Cc1ccccc1. The molecule has 0 aliphatic rings. The second kappa shape index (κ2) is 9.99. The first-order chi connectivity index (χ1) is 11.3. The van der Waals surface area contributed by atoms with Gasteiger partial charge in [-0.2, -0.15) is 0 Å². The van der Waals surface area contributed by atoms with Crippen molar-refractivity contribution in [3.8, 4) is 0 Å². The molecule has 0 radical (unpaired) electrons. The third kappa shape index (κ3) is 6.40. The number of hydrogen-bond acceptors (Lipinski definition) is 1. The van der Waals surface area contributed by atoms with Crippen LogP contribution < -0.4 is 0 Å². The quantitative estimate of drug-likeness (QED) is 0.383. The molecular weight excluding hydrogens is 280 g/mol. The third-order valence-corrected chi connectivity index (χ3v) is 4.40. The van der Waals surface area contributed by atoms with Crippen molar-refractivity contribution in [3.05, 3.63) is 71.8 Å². The molecule has 2 aromatic carbocycles. The largest absolute Gasteiger partial charge is 0.294 e. The Hall–Kier alpha value is -1.89. The lowest BCUT2D eigenvalue weighted by atomic mass is 9.88. The van der Waals surface area contributed by atoms with Gasteiger partial charge in [0.15, 0.2) is 5.78 Å². The minimum atomic E-state index is 0.280. The van der Waals surface area contributed by atoms with Crippen molar-refractivity contribution < 1.29 is 4.79 Å².